The van der Waals surface area contributed by atoms with Crippen molar-refractivity contribution >= 4 is 11.6 Å². The van der Waals surface area contributed by atoms with E-state index in [0.717, 1.165) is 5.56 Å². The molecule has 1 saturated heterocycles. The lowest BCUT2D eigenvalue weighted by Gasteiger charge is -2.35. The number of likely N-dealkylation sites (tertiary alicyclic amines) is 1. The number of aliphatic hydroxyl groups is 1. The summed E-state index contributed by atoms with van der Waals surface area (Å²) in [6.07, 6.45) is -0.0618. The number of carbonyl (C=O) groups excluding carboxylic acids is 1. The van der Waals surface area contributed by atoms with E-state index in [4.69, 9.17) is 4.84 Å². The van der Waals surface area contributed by atoms with Crippen LogP contribution in [0, 0.1) is 0 Å². The summed E-state index contributed by atoms with van der Waals surface area (Å²) in [5.74, 6) is -0.126. The Morgan fingerprint density at radius 3 is 2.72 bits per heavy atom. The molecule has 5 nitrogen and oxygen atoms in total. The van der Waals surface area contributed by atoms with Gasteiger partial charge in [0.2, 0.25) is 0 Å². The van der Waals surface area contributed by atoms with Crippen molar-refractivity contribution in [3.8, 4) is 0 Å². The third kappa shape index (κ3) is 1.97. The van der Waals surface area contributed by atoms with Crippen molar-refractivity contribution in [1.29, 1.82) is 0 Å². The van der Waals surface area contributed by atoms with Crippen LogP contribution < -0.4 is 0 Å². The Balaban J connectivity index is 1.63. The lowest BCUT2D eigenvalue weighted by atomic mass is 10.0. The average molecular weight is 246 g/mol. The molecule has 5 heteroatoms. The number of oxime groups is 1. The predicted octanol–water partition coefficient (Wildman–Crippen LogP) is 0.707. The lowest BCUT2D eigenvalue weighted by molar-refractivity contribution is -0.133. The van der Waals surface area contributed by atoms with E-state index < -0.39 is 0 Å². The van der Waals surface area contributed by atoms with Crippen molar-refractivity contribution in [2.75, 3.05) is 13.1 Å². The fourth-order valence-corrected chi connectivity index (χ4v) is 2.15. The van der Waals surface area contributed by atoms with Crippen LogP contribution in [0.25, 0.3) is 0 Å². The van der Waals surface area contributed by atoms with Crippen molar-refractivity contribution in [2.24, 2.45) is 5.16 Å². The van der Waals surface area contributed by atoms with Crippen LogP contribution in [0.15, 0.2) is 35.5 Å². The van der Waals surface area contributed by atoms with Gasteiger partial charge in [-0.05, 0) is 5.56 Å². The van der Waals surface area contributed by atoms with Gasteiger partial charge in [0.25, 0.3) is 5.91 Å². The Morgan fingerprint density at radius 1 is 1.33 bits per heavy atom. The van der Waals surface area contributed by atoms with Crippen molar-refractivity contribution in [3.63, 3.8) is 0 Å². The molecule has 2 aliphatic heterocycles. The summed E-state index contributed by atoms with van der Waals surface area (Å²) in [6.45, 7) is 0.793. The molecule has 0 saturated carbocycles. The summed E-state index contributed by atoms with van der Waals surface area (Å²) in [5.41, 5.74) is 1.46. The Morgan fingerprint density at radius 2 is 2.06 bits per heavy atom. The van der Waals surface area contributed by atoms with E-state index >= 15 is 0 Å². The highest BCUT2D eigenvalue weighted by molar-refractivity contribution is 6.39. The molecule has 1 fully saturated rings. The van der Waals surface area contributed by atoms with E-state index in [2.05, 4.69) is 5.16 Å². The van der Waals surface area contributed by atoms with Crippen molar-refractivity contribution in [3.05, 3.63) is 35.9 Å². The van der Waals surface area contributed by atoms with Gasteiger partial charge in [0.05, 0.1) is 6.10 Å². The number of nitrogens with zero attached hydrogens (tertiary/aromatic N) is 2. The van der Waals surface area contributed by atoms with Crippen LogP contribution >= 0.6 is 0 Å². The van der Waals surface area contributed by atoms with Crippen molar-refractivity contribution in [1.82, 2.24) is 4.90 Å². The van der Waals surface area contributed by atoms with Gasteiger partial charge in [-0.15, -0.1) is 0 Å². The molecule has 18 heavy (non-hydrogen) atoms. The molecule has 1 N–H and O–H groups in total. The maximum Gasteiger partial charge on any atom is 0.271 e. The first kappa shape index (κ1) is 11.2. The highest BCUT2D eigenvalue weighted by Gasteiger charge is 2.35. The first-order valence-electron chi connectivity index (χ1n) is 5.99. The maximum absolute atomic E-state index is 12.0. The van der Waals surface area contributed by atoms with Gasteiger partial charge in [-0.2, -0.15) is 0 Å². The number of aliphatic hydroxyl groups excluding tert-OH is 1. The van der Waals surface area contributed by atoms with Crippen LogP contribution in [0.1, 0.15) is 18.1 Å². The van der Waals surface area contributed by atoms with Crippen LogP contribution in [-0.4, -0.2) is 40.8 Å². The third-order valence-electron chi connectivity index (χ3n) is 3.24. The quantitative estimate of drug-likeness (QED) is 0.835. The van der Waals surface area contributed by atoms with Crippen molar-refractivity contribution < 1.29 is 14.7 Å². The minimum Gasteiger partial charge on any atom is -0.389 e. The second-order valence-corrected chi connectivity index (χ2v) is 4.61. The van der Waals surface area contributed by atoms with Crippen LogP contribution in [0.2, 0.25) is 0 Å². The number of β-amino-alcohol motifs (C(OH)–C–C–N with tert-alkyl or cyclic N) is 1. The highest BCUT2D eigenvalue weighted by atomic mass is 16.6. The first-order valence-corrected chi connectivity index (χ1v) is 5.99. The van der Waals surface area contributed by atoms with Gasteiger partial charge < -0.3 is 14.8 Å². The molecule has 0 radical (unpaired) electrons. The second kappa shape index (κ2) is 4.42. The van der Waals surface area contributed by atoms with E-state index in [9.17, 15) is 9.90 Å². The number of hydrogen-bond donors (Lipinski definition) is 1. The summed E-state index contributed by atoms with van der Waals surface area (Å²) in [5, 5.41) is 13.0. The van der Waals surface area contributed by atoms with Crippen LogP contribution in [-0.2, 0) is 9.63 Å². The highest BCUT2D eigenvalue weighted by Crippen LogP contribution is 2.28. The minimum absolute atomic E-state index is 0.126. The fourth-order valence-electron chi connectivity index (χ4n) is 2.15. The normalized spacial score (nSPS) is 23.3. The molecule has 1 amide bonds. The standard InChI is InChI=1S/C13H14N2O3/c16-10-7-15(8-10)13(17)11-6-12(18-14-11)9-4-2-1-3-5-9/h1-5,10,12,16H,6-8H2. The molecule has 1 atom stereocenters. The summed E-state index contributed by atoms with van der Waals surface area (Å²) in [6, 6.07) is 9.73. The molecule has 1 aromatic carbocycles. The van der Waals surface area contributed by atoms with Crippen LogP contribution in [0.5, 0.6) is 0 Å². The number of hydrogen-bond acceptors (Lipinski definition) is 4. The van der Waals surface area contributed by atoms with Crippen LogP contribution in [0.3, 0.4) is 0 Å². The molecule has 2 aliphatic rings. The second-order valence-electron chi connectivity index (χ2n) is 4.61. The largest absolute Gasteiger partial charge is 0.389 e. The third-order valence-corrected chi connectivity index (χ3v) is 3.24. The molecule has 0 aliphatic carbocycles. The van der Waals surface area contributed by atoms with E-state index in [1.54, 1.807) is 4.90 Å². The number of amides is 1. The molecular weight excluding hydrogens is 232 g/mol. The van der Waals surface area contributed by atoms with Crippen molar-refractivity contribution in [2.45, 2.75) is 18.6 Å². The molecule has 94 valence electrons. The first-order chi connectivity index (χ1) is 8.74. The Kier molecular flexibility index (Phi) is 2.76. The smallest absolute Gasteiger partial charge is 0.271 e. The van der Waals surface area contributed by atoms with Gasteiger partial charge in [0.15, 0.2) is 6.10 Å². The monoisotopic (exact) mass is 246 g/mol. The molecule has 0 aromatic heterocycles. The average Bonchev–Trinajstić information content (AvgIpc) is 2.85. The summed E-state index contributed by atoms with van der Waals surface area (Å²) < 4.78 is 0. The zero-order valence-electron chi connectivity index (χ0n) is 9.82. The Labute approximate surface area is 105 Å². The van der Waals surface area contributed by atoms with Crippen LogP contribution in [0.4, 0.5) is 0 Å². The topological polar surface area (TPSA) is 62.1 Å². The SMILES string of the molecule is O=C(C1=NOC(c2ccccc2)C1)N1CC(O)C1. The van der Waals surface area contributed by atoms with Gasteiger partial charge in [-0.25, -0.2) is 0 Å². The van der Waals surface area contributed by atoms with Gasteiger partial charge in [-0.3, -0.25) is 4.79 Å². The number of benzene rings is 1. The summed E-state index contributed by atoms with van der Waals surface area (Å²) >= 11 is 0. The fraction of sp³-hybridized carbons (Fsp3) is 0.385. The molecule has 0 spiro atoms. The molecule has 3 rings (SSSR count). The lowest BCUT2D eigenvalue weighted by Crippen LogP contribution is -2.55. The molecular formula is C13H14N2O3. The van der Waals surface area contributed by atoms with E-state index in [1.807, 2.05) is 30.3 Å². The summed E-state index contributed by atoms with van der Waals surface area (Å²) in [4.78, 5) is 18.8. The summed E-state index contributed by atoms with van der Waals surface area (Å²) in [7, 11) is 0. The van der Waals surface area contributed by atoms with Gasteiger partial charge in [-0.1, -0.05) is 35.5 Å². The predicted molar refractivity (Wildman–Crippen MR) is 64.9 cm³/mol. The zero-order chi connectivity index (χ0) is 12.5. The maximum atomic E-state index is 12.0. The van der Waals surface area contributed by atoms with Gasteiger partial charge in [0, 0.05) is 19.5 Å². The number of rotatable bonds is 2. The Hall–Kier alpha value is -1.88. The molecule has 0 bridgehead atoms. The molecule has 1 unspecified atom stereocenters. The van der Waals surface area contributed by atoms with Gasteiger partial charge >= 0.3 is 0 Å². The number of carbonyl (C=O) groups is 1. The Bertz CT molecular complexity index is 480. The molecule has 1 aromatic rings. The van der Waals surface area contributed by atoms with Gasteiger partial charge in [0.1, 0.15) is 5.71 Å². The van der Waals surface area contributed by atoms with E-state index in [-0.39, 0.29) is 18.1 Å². The molecule has 2 heterocycles. The zero-order valence-corrected chi connectivity index (χ0v) is 9.82. The van der Waals surface area contributed by atoms with E-state index in [0.29, 0.717) is 25.2 Å². The minimum atomic E-state index is -0.387. The van der Waals surface area contributed by atoms with E-state index in [1.165, 1.54) is 0 Å².